The Labute approximate surface area is 257 Å². The van der Waals surface area contributed by atoms with Crippen molar-refractivity contribution in [2.45, 2.75) is 19.4 Å². The molecule has 9 nitrogen and oxygen atoms in total. The highest BCUT2D eigenvalue weighted by Crippen LogP contribution is 2.32. The molecule has 0 radical (unpaired) electrons. The number of anilines is 1. The van der Waals surface area contributed by atoms with Crippen LogP contribution >= 0.6 is 11.3 Å². The molecule has 2 amide bonds. The van der Waals surface area contributed by atoms with E-state index in [0.717, 1.165) is 49.6 Å². The fourth-order valence-electron chi connectivity index (χ4n) is 4.94. The summed E-state index contributed by atoms with van der Waals surface area (Å²) >= 11 is 1.43. The second-order valence-corrected chi connectivity index (χ2v) is 11.3. The van der Waals surface area contributed by atoms with Crippen LogP contribution in [0, 0.1) is 0 Å². The van der Waals surface area contributed by atoms with E-state index in [0.29, 0.717) is 23.7 Å². The van der Waals surface area contributed by atoms with E-state index in [1.807, 2.05) is 71.4 Å². The van der Waals surface area contributed by atoms with Gasteiger partial charge in [-0.2, -0.15) is 5.10 Å². The second kappa shape index (κ2) is 12.9. The highest BCUT2D eigenvalue weighted by atomic mass is 32.1. The molecule has 0 bridgehead atoms. The molecule has 6 rings (SSSR count). The lowest BCUT2D eigenvalue weighted by Crippen LogP contribution is -2.18. The van der Waals surface area contributed by atoms with Crippen LogP contribution in [0.3, 0.4) is 0 Å². The van der Waals surface area contributed by atoms with E-state index in [4.69, 9.17) is 15.0 Å². The number of methoxy groups -OCH3 is 1. The maximum Gasteiger partial charge on any atom is 0.274 e. The second-order valence-electron chi connectivity index (χ2n) is 10.3. The summed E-state index contributed by atoms with van der Waals surface area (Å²) in [6.45, 7) is 0.485. The van der Waals surface area contributed by atoms with Gasteiger partial charge >= 0.3 is 0 Å². The first kappa shape index (κ1) is 28.8. The number of benzene rings is 4. The number of nitrogens with one attached hydrogen (secondary N) is 2. The van der Waals surface area contributed by atoms with Crippen molar-refractivity contribution in [3.05, 3.63) is 131 Å². The SMILES string of the molecule is COc1ccc(CC(=O)Nc2nc3ccc(-c4cc(Cc5ccccc5)nn4Cc4ccc(C(=O)NO)cc4)cc3s2)cc1. The Morgan fingerprint density at radius 2 is 1.64 bits per heavy atom. The quantitative estimate of drug-likeness (QED) is 0.129. The molecule has 0 saturated heterocycles. The van der Waals surface area contributed by atoms with Crippen LogP contribution in [0.1, 0.15) is 32.7 Å². The van der Waals surface area contributed by atoms with Crippen LogP contribution in [-0.2, 0) is 24.2 Å². The number of fused-ring (bicyclic) bond motifs is 1. The smallest absolute Gasteiger partial charge is 0.274 e. The highest BCUT2D eigenvalue weighted by Gasteiger charge is 2.15. The molecule has 4 aromatic carbocycles. The zero-order valence-corrected chi connectivity index (χ0v) is 24.7. The van der Waals surface area contributed by atoms with E-state index in [2.05, 4.69) is 34.6 Å². The standard InChI is InChI=1S/C34H29N5O4S/c1-43-28-14-9-23(10-15-28)18-32(40)36-34-35-29-16-13-26(19-31(29)44-34)30-20-27(17-22-5-3-2-4-6-22)37-39(30)21-24-7-11-25(12-8-24)33(41)38-42/h2-16,19-20,42H,17-18,21H2,1H3,(H,38,41)(H,35,36,40). The topological polar surface area (TPSA) is 118 Å². The summed E-state index contributed by atoms with van der Waals surface area (Å²) in [5.74, 6) is 0.0471. The minimum absolute atomic E-state index is 0.138. The Bertz CT molecular complexity index is 1920. The molecule has 0 fully saturated rings. The molecule has 6 aromatic rings. The molecule has 10 heteroatoms. The highest BCUT2D eigenvalue weighted by molar-refractivity contribution is 7.22. The molecule has 2 heterocycles. The molecule has 3 N–H and O–H groups in total. The number of hydroxylamine groups is 1. The molecular weight excluding hydrogens is 574 g/mol. The lowest BCUT2D eigenvalue weighted by molar-refractivity contribution is -0.115. The van der Waals surface area contributed by atoms with Crippen molar-refractivity contribution in [1.29, 1.82) is 0 Å². The maximum atomic E-state index is 12.7. The molecule has 0 aliphatic rings. The Balaban J connectivity index is 1.25. The molecule has 2 aromatic heterocycles. The Kier molecular flexibility index (Phi) is 8.44. The minimum atomic E-state index is -0.560. The number of aromatic nitrogens is 3. The summed E-state index contributed by atoms with van der Waals surface area (Å²) in [4.78, 5) is 29.1. The predicted octanol–water partition coefficient (Wildman–Crippen LogP) is 6.11. The summed E-state index contributed by atoms with van der Waals surface area (Å²) in [5, 5.41) is 17.4. The van der Waals surface area contributed by atoms with Crippen molar-refractivity contribution in [2.24, 2.45) is 0 Å². The average Bonchev–Trinajstić information content (AvgIpc) is 3.64. The molecule has 0 saturated carbocycles. The molecular formula is C34H29N5O4S. The summed E-state index contributed by atoms with van der Waals surface area (Å²) in [6, 6.07) is 32.8. The van der Waals surface area contributed by atoms with Crippen LogP contribution in [-0.4, -0.2) is 38.9 Å². The van der Waals surface area contributed by atoms with Gasteiger partial charge in [0.25, 0.3) is 5.91 Å². The van der Waals surface area contributed by atoms with Crippen molar-refractivity contribution in [3.8, 4) is 17.0 Å². The third-order valence-corrected chi connectivity index (χ3v) is 8.10. The minimum Gasteiger partial charge on any atom is -0.497 e. The Morgan fingerprint density at radius 1 is 0.886 bits per heavy atom. The lowest BCUT2D eigenvalue weighted by Gasteiger charge is -2.09. The van der Waals surface area contributed by atoms with Gasteiger partial charge in [0.2, 0.25) is 5.91 Å². The number of amides is 2. The zero-order valence-electron chi connectivity index (χ0n) is 23.9. The van der Waals surface area contributed by atoms with E-state index in [1.165, 1.54) is 11.3 Å². The van der Waals surface area contributed by atoms with Crippen LogP contribution in [0.2, 0.25) is 0 Å². The first-order valence-corrected chi connectivity index (χ1v) is 14.8. The Morgan fingerprint density at radius 3 is 2.36 bits per heavy atom. The third kappa shape index (κ3) is 6.67. The molecule has 0 aliphatic heterocycles. The fourth-order valence-corrected chi connectivity index (χ4v) is 5.86. The lowest BCUT2D eigenvalue weighted by atomic mass is 10.1. The van der Waals surface area contributed by atoms with Crippen molar-refractivity contribution in [1.82, 2.24) is 20.2 Å². The van der Waals surface area contributed by atoms with Crippen molar-refractivity contribution >= 4 is 38.5 Å². The molecule has 0 spiro atoms. The predicted molar refractivity (Wildman–Crippen MR) is 170 cm³/mol. The normalized spacial score (nSPS) is 11.0. The van der Waals surface area contributed by atoms with Gasteiger partial charge in [0.1, 0.15) is 5.75 Å². The summed E-state index contributed by atoms with van der Waals surface area (Å²) < 4.78 is 8.09. The summed E-state index contributed by atoms with van der Waals surface area (Å²) in [7, 11) is 1.61. The summed E-state index contributed by atoms with van der Waals surface area (Å²) in [5.41, 5.74) is 8.67. The van der Waals surface area contributed by atoms with Crippen molar-refractivity contribution in [3.63, 3.8) is 0 Å². The fraction of sp³-hybridized carbons (Fsp3) is 0.118. The van der Waals surface area contributed by atoms with E-state index < -0.39 is 5.91 Å². The molecule has 0 atom stereocenters. The Hall–Kier alpha value is -5.32. The zero-order chi connectivity index (χ0) is 30.5. The number of carbonyl (C=O) groups is 2. The van der Waals surface area contributed by atoms with Crippen molar-refractivity contribution in [2.75, 3.05) is 12.4 Å². The molecule has 220 valence electrons. The third-order valence-electron chi connectivity index (χ3n) is 7.16. The summed E-state index contributed by atoms with van der Waals surface area (Å²) in [6.07, 6.45) is 0.920. The average molecular weight is 604 g/mol. The van der Waals surface area contributed by atoms with Gasteiger partial charge in [0.05, 0.1) is 41.7 Å². The number of hydrogen-bond donors (Lipinski definition) is 3. The van der Waals surface area contributed by atoms with Gasteiger partial charge < -0.3 is 10.1 Å². The van der Waals surface area contributed by atoms with Crippen LogP contribution in [0.25, 0.3) is 21.5 Å². The molecule has 0 unspecified atom stereocenters. The van der Waals surface area contributed by atoms with Crippen LogP contribution in [0.15, 0.2) is 103 Å². The van der Waals surface area contributed by atoms with E-state index in [1.54, 1.807) is 24.7 Å². The van der Waals surface area contributed by atoms with Gasteiger partial charge in [0, 0.05) is 17.5 Å². The van der Waals surface area contributed by atoms with Gasteiger partial charge in [0.15, 0.2) is 5.13 Å². The number of nitrogens with zero attached hydrogens (tertiary/aromatic N) is 3. The molecule has 44 heavy (non-hydrogen) atoms. The number of carbonyl (C=O) groups excluding carboxylic acids is 2. The van der Waals surface area contributed by atoms with Gasteiger partial charge in [-0.05, 0) is 59.2 Å². The maximum absolute atomic E-state index is 12.7. The number of thiazole rings is 1. The first-order valence-electron chi connectivity index (χ1n) is 13.9. The number of rotatable bonds is 10. The number of ether oxygens (including phenoxy) is 1. The van der Waals surface area contributed by atoms with Crippen LogP contribution in [0.4, 0.5) is 5.13 Å². The molecule has 0 aliphatic carbocycles. The largest absolute Gasteiger partial charge is 0.497 e. The van der Waals surface area contributed by atoms with E-state index in [-0.39, 0.29) is 12.3 Å². The monoisotopic (exact) mass is 603 g/mol. The van der Waals surface area contributed by atoms with Gasteiger partial charge in [-0.25, -0.2) is 10.5 Å². The van der Waals surface area contributed by atoms with Crippen LogP contribution in [0.5, 0.6) is 5.75 Å². The van der Waals surface area contributed by atoms with Gasteiger partial charge in [-0.3, -0.25) is 19.5 Å². The van der Waals surface area contributed by atoms with E-state index >= 15 is 0 Å². The number of hydrogen-bond acceptors (Lipinski definition) is 7. The first-order chi connectivity index (χ1) is 21.5. The van der Waals surface area contributed by atoms with Crippen molar-refractivity contribution < 1.29 is 19.5 Å². The van der Waals surface area contributed by atoms with Crippen LogP contribution < -0.4 is 15.5 Å². The van der Waals surface area contributed by atoms with E-state index in [9.17, 15) is 9.59 Å². The van der Waals surface area contributed by atoms with Gasteiger partial charge in [-0.15, -0.1) is 0 Å². The van der Waals surface area contributed by atoms with Gasteiger partial charge in [-0.1, -0.05) is 72.0 Å².